The van der Waals surface area contributed by atoms with Gasteiger partial charge in [0.1, 0.15) is 6.04 Å². The minimum absolute atomic E-state index is 0.366. The molecule has 0 saturated carbocycles. The Morgan fingerprint density at radius 3 is 2.35 bits per heavy atom. The molecular formula is C20H26N2O3S. The standard InChI is InChI=1S/C20H26N2O3S/c1-6-17-9-7-8-10-19(17)21-20(23)16(4)22(26(5,24)25)18-12-11-14(2)15(3)13-18/h7-13,16H,6H2,1-5H3,(H,21,23)/t16-/m0/s1. The van der Waals surface area contributed by atoms with E-state index >= 15 is 0 Å². The van der Waals surface area contributed by atoms with Crippen LogP contribution in [0.2, 0.25) is 0 Å². The summed E-state index contributed by atoms with van der Waals surface area (Å²) in [4.78, 5) is 12.8. The molecule has 26 heavy (non-hydrogen) atoms. The number of sulfonamides is 1. The van der Waals surface area contributed by atoms with Gasteiger partial charge in [-0.2, -0.15) is 0 Å². The molecule has 2 aromatic carbocycles. The second-order valence-corrected chi connectivity index (χ2v) is 8.36. The van der Waals surface area contributed by atoms with Crippen molar-refractivity contribution in [1.29, 1.82) is 0 Å². The van der Waals surface area contributed by atoms with E-state index in [4.69, 9.17) is 0 Å². The van der Waals surface area contributed by atoms with Crippen LogP contribution in [0.1, 0.15) is 30.5 Å². The number of carbonyl (C=O) groups excluding carboxylic acids is 1. The summed E-state index contributed by atoms with van der Waals surface area (Å²) in [5.41, 5.74) is 4.24. The molecule has 6 heteroatoms. The molecule has 2 aromatic rings. The third kappa shape index (κ3) is 4.43. The van der Waals surface area contributed by atoms with E-state index in [0.717, 1.165) is 29.4 Å². The van der Waals surface area contributed by atoms with E-state index in [1.54, 1.807) is 19.1 Å². The number of amides is 1. The summed E-state index contributed by atoms with van der Waals surface area (Å²) in [5, 5.41) is 2.86. The Balaban J connectivity index is 2.36. The summed E-state index contributed by atoms with van der Waals surface area (Å²) in [7, 11) is -3.63. The number of nitrogens with zero attached hydrogens (tertiary/aromatic N) is 1. The van der Waals surface area contributed by atoms with Gasteiger partial charge in [0.15, 0.2) is 0 Å². The molecule has 0 heterocycles. The third-order valence-corrected chi connectivity index (χ3v) is 5.73. The lowest BCUT2D eigenvalue weighted by Gasteiger charge is -2.29. The van der Waals surface area contributed by atoms with Crippen LogP contribution in [-0.2, 0) is 21.2 Å². The van der Waals surface area contributed by atoms with Gasteiger partial charge in [-0.15, -0.1) is 0 Å². The molecule has 2 rings (SSSR count). The maximum atomic E-state index is 12.8. The van der Waals surface area contributed by atoms with Crippen molar-refractivity contribution in [3.63, 3.8) is 0 Å². The lowest BCUT2D eigenvalue weighted by molar-refractivity contribution is -0.116. The minimum atomic E-state index is -3.63. The monoisotopic (exact) mass is 374 g/mol. The highest BCUT2D eigenvalue weighted by Gasteiger charge is 2.29. The van der Waals surface area contributed by atoms with Gasteiger partial charge in [0.05, 0.1) is 11.9 Å². The lowest BCUT2D eigenvalue weighted by atomic mass is 10.1. The normalized spacial score (nSPS) is 12.5. The first-order valence-corrected chi connectivity index (χ1v) is 10.5. The second-order valence-electron chi connectivity index (χ2n) is 6.50. The Hall–Kier alpha value is -2.34. The molecule has 0 radical (unpaired) electrons. The highest BCUT2D eigenvalue weighted by atomic mass is 32.2. The Labute approximate surface area is 156 Å². The average molecular weight is 375 g/mol. The number of benzene rings is 2. The molecule has 140 valence electrons. The van der Waals surface area contributed by atoms with Crippen LogP contribution in [-0.4, -0.2) is 26.6 Å². The summed E-state index contributed by atoms with van der Waals surface area (Å²) in [5.74, 6) is -0.366. The molecule has 5 nitrogen and oxygen atoms in total. The molecule has 0 saturated heterocycles. The average Bonchev–Trinajstić information content (AvgIpc) is 2.57. The third-order valence-electron chi connectivity index (χ3n) is 4.49. The maximum Gasteiger partial charge on any atom is 0.248 e. The Kier molecular flexibility index (Phi) is 6.08. The van der Waals surface area contributed by atoms with Crippen molar-refractivity contribution in [3.8, 4) is 0 Å². The topological polar surface area (TPSA) is 66.5 Å². The van der Waals surface area contributed by atoms with Crippen LogP contribution in [0.3, 0.4) is 0 Å². The van der Waals surface area contributed by atoms with E-state index in [0.29, 0.717) is 11.4 Å². The molecule has 0 fully saturated rings. The van der Waals surface area contributed by atoms with Crippen molar-refractivity contribution in [2.45, 2.75) is 40.2 Å². The zero-order valence-electron chi connectivity index (χ0n) is 15.9. The predicted molar refractivity (Wildman–Crippen MR) is 107 cm³/mol. The van der Waals surface area contributed by atoms with Gasteiger partial charge in [-0.25, -0.2) is 8.42 Å². The molecule has 0 spiro atoms. The van der Waals surface area contributed by atoms with Gasteiger partial charge >= 0.3 is 0 Å². The van der Waals surface area contributed by atoms with Gasteiger partial charge in [0.2, 0.25) is 15.9 Å². The summed E-state index contributed by atoms with van der Waals surface area (Å²) in [6.45, 7) is 7.48. The quantitative estimate of drug-likeness (QED) is 0.839. The number of rotatable bonds is 6. The molecule has 1 N–H and O–H groups in total. The van der Waals surface area contributed by atoms with E-state index < -0.39 is 16.1 Å². The molecular weight excluding hydrogens is 348 g/mol. The fourth-order valence-electron chi connectivity index (χ4n) is 2.86. The van der Waals surface area contributed by atoms with Crippen LogP contribution in [0.4, 0.5) is 11.4 Å². The fourth-order valence-corrected chi connectivity index (χ4v) is 4.03. The number of hydrogen-bond donors (Lipinski definition) is 1. The first kappa shape index (κ1) is 20.0. The first-order chi connectivity index (χ1) is 12.1. The summed E-state index contributed by atoms with van der Waals surface area (Å²) >= 11 is 0. The predicted octanol–water partition coefficient (Wildman–Crippen LogP) is 3.66. The Bertz CT molecular complexity index is 907. The summed E-state index contributed by atoms with van der Waals surface area (Å²) in [6, 6.07) is 12.0. The van der Waals surface area contributed by atoms with Crippen molar-refractivity contribution >= 4 is 27.3 Å². The largest absolute Gasteiger partial charge is 0.324 e. The van der Waals surface area contributed by atoms with Crippen LogP contribution in [0.5, 0.6) is 0 Å². The van der Waals surface area contributed by atoms with Gasteiger partial charge < -0.3 is 5.32 Å². The number of para-hydroxylation sites is 1. The summed E-state index contributed by atoms with van der Waals surface area (Å²) in [6.07, 6.45) is 1.89. The van der Waals surface area contributed by atoms with Gasteiger partial charge in [-0.1, -0.05) is 31.2 Å². The van der Waals surface area contributed by atoms with Crippen LogP contribution >= 0.6 is 0 Å². The number of hydrogen-bond acceptors (Lipinski definition) is 3. The van der Waals surface area contributed by atoms with E-state index in [9.17, 15) is 13.2 Å². The minimum Gasteiger partial charge on any atom is -0.324 e. The summed E-state index contributed by atoms with van der Waals surface area (Å²) < 4.78 is 26.0. The molecule has 0 aliphatic rings. The number of nitrogens with one attached hydrogen (secondary N) is 1. The second kappa shape index (κ2) is 7.91. The Morgan fingerprint density at radius 1 is 1.12 bits per heavy atom. The molecule has 0 aromatic heterocycles. The SMILES string of the molecule is CCc1ccccc1NC(=O)[C@H](C)N(c1ccc(C)c(C)c1)S(C)(=O)=O. The van der Waals surface area contributed by atoms with Gasteiger partial charge in [0, 0.05) is 5.69 Å². The molecule has 0 unspecified atom stereocenters. The number of aryl methyl sites for hydroxylation is 3. The van der Waals surface area contributed by atoms with E-state index in [-0.39, 0.29) is 5.91 Å². The maximum absolute atomic E-state index is 12.8. The highest BCUT2D eigenvalue weighted by molar-refractivity contribution is 7.92. The molecule has 0 aliphatic carbocycles. The molecule has 0 bridgehead atoms. The Morgan fingerprint density at radius 2 is 1.77 bits per heavy atom. The van der Waals surface area contributed by atoms with Crippen molar-refractivity contribution in [2.24, 2.45) is 0 Å². The molecule has 1 amide bonds. The first-order valence-electron chi connectivity index (χ1n) is 8.60. The molecule has 0 aliphatic heterocycles. The number of carbonyl (C=O) groups is 1. The fraction of sp³-hybridized carbons (Fsp3) is 0.350. The zero-order chi connectivity index (χ0) is 19.5. The van der Waals surface area contributed by atoms with Crippen LogP contribution in [0.15, 0.2) is 42.5 Å². The van der Waals surface area contributed by atoms with Gasteiger partial charge in [-0.05, 0) is 62.1 Å². The van der Waals surface area contributed by atoms with Crippen molar-refractivity contribution in [1.82, 2.24) is 0 Å². The van der Waals surface area contributed by atoms with E-state index in [1.165, 1.54) is 4.31 Å². The smallest absolute Gasteiger partial charge is 0.248 e. The lowest BCUT2D eigenvalue weighted by Crippen LogP contribution is -2.45. The van der Waals surface area contributed by atoms with Crippen molar-refractivity contribution in [2.75, 3.05) is 15.9 Å². The molecule has 1 atom stereocenters. The van der Waals surface area contributed by atoms with Crippen molar-refractivity contribution in [3.05, 3.63) is 59.2 Å². The number of anilines is 2. The van der Waals surface area contributed by atoms with Crippen LogP contribution in [0.25, 0.3) is 0 Å². The van der Waals surface area contributed by atoms with Crippen molar-refractivity contribution < 1.29 is 13.2 Å². The highest BCUT2D eigenvalue weighted by Crippen LogP contribution is 2.25. The van der Waals surface area contributed by atoms with Crippen LogP contribution in [0, 0.1) is 13.8 Å². The van der Waals surface area contributed by atoms with Gasteiger partial charge in [-0.3, -0.25) is 9.10 Å². The van der Waals surface area contributed by atoms with Crippen LogP contribution < -0.4 is 9.62 Å². The van der Waals surface area contributed by atoms with Gasteiger partial charge in [0.25, 0.3) is 0 Å². The zero-order valence-corrected chi connectivity index (χ0v) is 16.7. The van der Waals surface area contributed by atoms with E-state index in [2.05, 4.69) is 5.32 Å². The van der Waals surface area contributed by atoms with E-state index in [1.807, 2.05) is 51.1 Å².